The number of phenols is 1. The van der Waals surface area contributed by atoms with Crippen LogP contribution in [0.4, 0.5) is 5.69 Å². The highest BCUT2D eigenvalue weighted by Crippen LogP contribution is 2.45. The van der Waals surface area contributed by atoms with Gasteiger partial charge in [-0.25, -0.2) is 0 Å². The van der Waals surface area contributed by atoms with Gasteiger partial charge in [-0.1, -0.05) is 27.5 Å². The van der Waals surface area contributed by atoms with Gasteiger partial charge in [-0.15, -0.1) is 0 Å². The molecule has 0 saturated carbocycles. The number of carbonyl (C=O) groups excluding carboxylic acids is 1. The fourth-order valence-corrected chi connectivity index (χ4v) is 2.86. The smallest absolute Gasteiger partial charge is 0.266 e. The van der Waals surface area contributed by atoms with Gasteiger partial charge >= 0.3 is 0 Å². The standard InChI is InChI=1S/C14H9BrClNO3/c15-7-1-3-11-9(5-7)14(20,13(19)17-11)10-6-8(16)2-4-12(10)18/h1-6,18,20H,(H,17,19)/t14-/m0/s1. The average Bonchev–Trinajstić information content (AvgIpc) is 2.66. The predicted molar refractivity (Wildman–Crippen MR) is 78.9 cm³/mol. The van der Waals surface area contributed by atoms with Crippen molar-refractivity contribution in [3.05, 3.63) is 57.0 Å². The van der Waals surface area contributed by atoms with Crippen molar-refractivity contribution in [3.8, 4) is 5.75 Å². The Morgan fingerprint density at radius 2 is 1.90 bits per heavy atom. The van der Waals surface area contributed by atoms with Crippen LogP contribution < -0.4 is 5.32 Å². The molecule has 0 saturated heterocycles. The maximum absolute atomic E-state index is 12.2. The fourth-order valence-electron chi connectivity index (χ4n) is 2.33. The van der Waals surface area contributed by atoms with E-state index in [0.717, 1.165) is 0 Å². The Labute approximate surface area is 128 Å². The largest absolute Gasteiger partial charge is 0.508 e. The lowest BCUT2D eigenvalue weighted by molar-refractivity contribution is -0.129. The van der Waals surface area contributed by atoms with E-state index < -0.39 is 11.5 Å². The summed E-state index contributed by atoms with van der Waals surface area (Å²) in [7, 11) is 0. The first kappa shape index (κ1) is 13.4. The Bertz CT molecular complexity index is 734. The van der Waals surface area contributed by atoms with E-state index in [1.807, 2.05) is 0 Å². The van der Waals surface area contributed by atoms with Crippen molar-refractivity contribution < 1.29 is 15.0 Å². The molecule has 102 valence electrons. The summed E-state index contributed by atoms with van der Waals surface area (Å²) in [6.45, 7) is 0. The molecule has 1 amide bonds. The topological polar surface area (TPSA) is 69.6 Å². The summed E-state index contributed by atoms with van der Waals surface area (Å²) in [5.41, 5.74) is -1.04. The van der Waals surface area contributed by atoms with Crippen LogP contribution in [-0.2, 0) is 10.4 Å². The van der Waals surface area contributed by atoms with Crippen LogP contribution in [0.3, 0.4) is 0 Å². The molecule has 20 heavy (non-hydrogen) atoms. The quantitative estimate of drug-likeness (QED) is 0.737. The number of benzene rings is 2. The first-order chi connectivity index (χ1) is 9.42. The first-order valence-electron chi connectivity index (χ1n) is 5.76. The number of nitrogens with one attached hydrogen (secondary N) is 1. The van der Waals surface area contributed by atoms with E-state index >= 15 is 0 Å². The zero-order valence-electron chi connectivity index (χ0n) is 10.0. The highest BCUT2D eigenvalue weighted by atomic mass is 79.9. The van der Waals surface area contributed by atoms with E-state index in [0.29, 0.717) is 20.7 Å². The number of rotatable bonds is 1. The third-order valence-corrected chi connectivity index (χ3v) is 4.02. The molecule has 0 aliphatic carbocycles. The van der Waals surface area contributed by atoms with Crippen molar-refractivity contribution in [2.75, 3.05) is 5.32 Å². The molecular weight excluding hydrogens is 346 g/mol. The van der Waals surface area contributed by atoms with Gasteiger partial charge in [-0.3, -0.25) is 4.79 Å². The van der Waals surface area contributed by atoms with Gasteiger partial charge in [-0.05, 0) is 36.4 Å². The Balaban J connectivity index is 2.29. The average molecular weight is 355 g/mol. The van der Waals surface area contributed by atoms with Crippen molar-refractivity contribution >= 4 is 39.1 Å². The molecule has 2 aromatic carbocycles. The molecule has 4 nitrogen and oxygen atoms in total. The SMILES string of the molecule is O=C1Nc2ccc(Br)cc2[C@]1(O)c1cc(Cl)ccc1O. The van der Waals surface area contributed by atoms with Gasteiger partial charge in [0.1, 0.15) is 5.75 Å². The minimum absolute atomic E-state index is 0.0550. The summed E-state index contributed by atoms with van der Waals surface area (Å²) in [6, 6.07) is 9.27. The number of phenolic OH excluding ortho intramolecular Hbond substituents is 1. The Hall–Kier alpha value is -1.56. The van der Waals surface area contributed by atoms with Gasteiger partial charge in [0.25, 0.3) is 5.91 Å². The second-order valence-corrected chi connectivity index (χ2v) is 5.87. The number of aromatic hydroxyl groups is 1. The minimum Gasteiger partial charge on any atom is -0.508 e. The van der Waals surface area contributed by atoms with Gasteiger partial charge in [0, 0.05) is 26.3 Å². The van der Waals surface area contributed by atoms with E-state index in [1.165, 1.54) is 18.2 Å². The molecular formula is C14H9BrClNO3. The summed E-state index contributed by atoms with van der Waals surface area (Å²) in [6.07, 6.45) is 0. The van der Waals surface area contributed by atoms with Crippen molar-refractivity contribution in [1.29, 1.82) is 0 Å². The van der Waals surface area contributed by atoms with E-state index in [4.69, 9.17) is 11.6 Å². The van der Waals surface area contributed by atoms with Crippen LogP contribution in [0.2, 0.25) is 5.02 Å². The van der Waals surface area contributed by atoms with Crippen molar-refractivity contribution in [1.82, 2.24) is 0 Å². The normalized spacial score (nSPS) is 20.6. The molecule has 3 rings (SSSR count). The number of aliphatic hydroxyl groups is 1. The fraction of sp³-hybridized carbons (Fsp3) is 0.0714. The molecule has 0 bridgehead atoms. The van der Waals surface area contributed by atoms with Crippen molar-refractivity contribution in [2.45, 2.75) is 5.60 Å². The molecule has 0 aromatic heterocycles. The maximum atomic E-state index is 12.2. The maximum Gasteiger partial charge on any atom is 0.266 e. The van der Waals surface area contributed by atoms with Gasteiger partial charge in [-0.2, -0.15) is 0 Å². The third kappa shape index (κ3) is 1.82. The second-order valence-electron chi connectivity index (χ2n) is 4.52. The highest BCUT2D eigenvalue weighted by molar-refractivity contribution is 9.10. The molecule has 6 heteroatoms. The van der Waals surface area contributed by atoms with Crippen LogP contribution in [0.25, 0.3) is 0 Å². The van der Waals surface area contributed by atoms with E-state index in [1.54, 1.807) is 18.2 Å². The summed E-state index contributed by atoms with van der Waals surface area (Å²) in [5, 5.41) is 23.7. The zero-order chi connectivity index (χ0) is 14.5. The molecule has 0 unspecified atom stereocenters. The number of anilines is 1. The number of halogens is 2. The molecule has 1 heterocycles. The molecule has 1 aliphatic heterocycles. The summed E-state index contributed by atoms with van der Waals surface area (Å²) in [4.78, 5) is 12.2. The van der Waals surface area contributed by atoms with E-state index in [9.17, 15) is 15.0 Å². The van der Waals surface area contributed by atoms with Gasteiger partial charge in [0.05, 0.1) is 0 Å². The van der Waals surface area contributed by atoms with Crippen molar-refractivity contribution in [2.24, 2.45) is 0 Å². The number of fused-ring (bicyclic) bond motifs is 1. The molecule has 0 fully saturated rings. The Morgan fingerprint density at radius 1 is 1.15 bits per heavy atom. The molecule has 2 aromatic rings. The van der Waals surface area contributed by atoms with Crippen LogP contribution in [0.15, 0.2) is 40.9 Å². The number of hydrogen-bond acceptors (Lipinski definition) is 3. The van der Waals surface area contributed by atoms with Crippen LogP contribution in [0, 0.1) is 0 Å². The first-order valence-corrected chi connectivity index (χ1v) is 6.93. The van der Waals surface area contributed by atoms with Crippen molar-refractivity contribution in [3.63, 3.8) is 0 Å². The highest BCUT2D eigenvalue weighted by Gasteiger charge is 2.48. The number of carbonyl (C=O) groups is 1. The van der Waals surface area contributed by atoms with E-state index in [-0.39, 0.29) is 11.3 Å². The van der Waals surface area contributed by atoms with Gasteiger partial charge < -0.3 is 15.5 Å². The van der Waals surface area contributed by atoms with E-state index in [2.05, 4.69) is 21.2 Å². The third-order valence-electron chi connectivity index (χ3n) is 3.30. The van der Waals surface area contributed by atoms with Crippen LogP contribution in [0.5, 0.6) is 5.75 Å². The zero-order valence-corrected chi connectivity index (χ0v) is 12.4. The number of hydrogen-bond donors (Lipinski definition) is 3. The molecule has 1 aliphatic rings. The lowest BCUT2D eigenvalue weighted by Crippen LogP contribution is -2.35. The molecule has 1 atom stereocenters. The molecule has 3 N–H and O–H groups in total. The lowest BCUT2D eigenvalue weighted by atomic mass is 9.87. The van der Waals surface area contributed by atoms with Crippen LogP contribution in [0.1, 0.15) is 11.1 Å². The predicted octanol–water partition coefficient (Wildman–Crippen LogP) is 3.00. The Morgan fingerprint density at radius 3 is 2.65 bits per heavy atom. The second kappa shape index (κ2) is 4.48. The Kier molecular flexibility index (Phi) is 3.01. The minimum atomic E-state index is -1.96. The summed E-state index contributed by atoms with van der Waals surface area (Å²) in [5.74, 6) is -0.817. The summed E-state index contributed by atoms with van der Waals surface area (Å²) >= 11 is 9.20. The van der Waals surface area contributed by atoms with Gasteiger partial charge in [0.2, 0.25) is 0 Å². The lowest BCUT2D eigenvalue weighted by Gasteiger charge is -2.22. The van der Waals surface area contributed by atoms with Gasteiger partial charge in [0.15, 0.2) is 5.60 Å². The monoisotopic (exact) mass is 353 g/mol. The number of amides is 1. The molecule has 0 spiro atoms. The summed E-state index contributed by atoms with van der Waals surface area (Å²) < 4.78 is 0.715. The van der Waals surface area contributed by atoms with Crippen LogP contribution in [-0.4, -0.2) is 16.1 Å². The molecule has 0 radical (unpaired) electrons. The van der Waals surface area contributed by atoms with Crippen LogP contribution >= 0.6 is 27.5 Å².